The molecule has 0 aromatic carbocycles. The number of aliphatic hydroxyl groups is 1. The van der Waals surface area contributed by atoms with E-state index in [0.717, 1.165) is 13.0 Å². The van der Waals surface area contributed by atoms with E-state index in [1.807, 2.05) is 11.5 Å². The number of aryl methyl sites for hydroxylation is 1. The average Bonchev–Trinajstić information content (AvgIpc) is 2.57. The van der Waals surface area contributed by atoms with Crippen LogP contribution < -0.4 is 11.1 Å². The molecule has 0 aliphatic rings. The van der Waals surface area contributed by atoms with Crippen molar-refractivity contribution in [3.05, 3.63) is 18.0 Å². The summed E-state index contributed by atoms with van der Waals surface area (Å²) < 4.78 is 1.82. The van der Waals surface area contributed by atoms with E-state index >= 15 is 0 Å². The summed E-state index contributed by atoms with van der Waals surface area (Å²) in [5, 5.41) is 11.2. The third-order valence-electron chi connectivity index (χ3n) is 2.01. The minimum Gasteiger partial charge on any atom is -0.397 e. The summed E-state index contributed by atoms with van der Waals surface area (Å²) in [6, 6.07) is 1.64. The normalized spacial score (nSPS) is 10.3. The minimum atomic E-state index is -0.200. The smallest absolute Gasteiger partial charge is 0.268 e. The molecular weight excluding hydrogens is 194 g/mol. The molecule has 5 nitrogen and oxygen atoms in total. The maximum atomic E-state index is 11.6. The topological polar surface area (TPSA) is 80.3 Å². The van der Waals surface area contributed by atoms with E-state index in [1.165, 1.54) is 0 Å². The van der Waals surface area contributed by atoms with E-state index in [0.29, 0.717) is 11.4 Å². The van der Waals surface area contributed by atoms with Gasteiger partial charge in [0.25, 0.3) is 5.91 Å². The van der Waals surface area contributed by atoms with Gasteiger partial charge in [-0.25, -0.2) is 0 Å². The molecular formula is C10H17N3O2. The summed E-state index contributed by atoms with van der Waals surface area (Å²) in [7, 11) is 0. The second-order valence-corrected chi connectivity index (χ2v) is 3.33. The van der Waals surface area contributed by atoms with Crippen molar-refractivity contribution in [2.75, 3.05) is 18.9 Å². The quantitative estimate of drug-likeness (QED) is 0.651. The van der Waals surface area contributed by atoms with Gasteiger partial charge in [0.05, 0.1) is 12.3 Å². The molecule has 1 rings (SSSR count). The maximum Gasteiger partial charge on any atom is 0.268 e. The molecule has 0 aliphatic heterocycles. The number of aliphatic hydroxyl groups excluding tert-OH is 1. The molecule has 1 aromatic heterocycles. The third-order valence-corrected chi connectivity index (χ3v) is 2.01. The van der Waals surface area contributed by atoms with E-state index in [9.17, 15) is 4.79 Å². The molecule has 0 saturated carbocycles. The lowest BCUT2D eigenvalue weighted by Gasteiger charge is -2.07. The van der Waals surface area contributed by atoms with Crippen molar-refractivity contribution in [3.63, 3.8) is 0 Å². The van der Waals surface area contributed by atoms with Crippen molar-refractivity contribution in [2.24, 2.45) is 0 Å². The van der Waals surface area contributed by atoms with Gasteiger partial charge < -0.3 is 20.7 Å². The first-order valence-electron chi connectivity index (χ1n) is 5.03. The molecule has 0 unspecified atom stereocenters. The molecule has 0 spiro atoms. The summed E-state index contributed by atoms with van der Waals surface area (Å²) in [6.07, 6.45) is 2.69. The number of nitrogen functional groups attached to an aromatic ring is 1. The number of hydrogen-bond acceptors (Lipinski definition) is 3. The second-order valence-electron chi connectivity index (χ2n) is 3.33. The Balaban J connectivity index is 2.77. The van der Waals surface area contributed by atoms with Crippen molar-refractivity contribution in [1.82, 2.24) is 9.88 Å². The van der Waals surface area contributed by atoms with Gasteiger partial charge in [0.15, 0.2) is 0 Å². The van der Waals surface area contributed by atoms with Crippen molar-refractivity contribution in [2.45, 2.75) is 19.9 Å². The van der Waals surface area contributed by atoms with Crippen molar-refractivity contribution >= 4 is 11.6 Å². The van der Waals surface area contributed by atoms with E-state index in [4.69, 9.17) is 10.8 Å². The van der Waals surface area contributed by atoms with E-state index in [1.54, 1.807) is 12.3 Å². The highest BCUT2D eigenvalue weighted by Crippen LogP contribution is 2.11. The minimum absolute atomic E-state index is 0.0598. The van der Waals surface area contributed by atoms with Crippen molar-refractivity contribution in [1.29, 1.82) is 0 Å². The van der Waals surface area contributed by atoms with Gasteiger partial charge in [0, 0.05) is 19.3 Å². The highest BCUT2D eigenvalue weighted by Gasteiger charge is 2.11. The molecule has 1 amide bonds. The summed E-state index contributed by atoms with van der Waals surface area (Å²) in [5.41, 5.74) is 6.75. The average molecular weight is 211 g/mol. The molecule has 0 aliphatic carbocycles. The number of amides is 1. The molecule has 4 N–H and O–H groups in total. The molecule has 84 valence electrons. The monoisotopic (exact) mass is 211 g/mol. The lowest BCUT2D eigenvalue weighted by molar-refractivity contribution is 0.0935. The van der Waals surface area contributed by atoms with Gasteiger partial charge in [-0.3, -0.25) is 4.79 Å². The van der Waals surface area contributed by atoms with Crippen LogP contribution in [0.3, 0.4) is 0 Å². The fourth-order valence-corrected chi connectivity index (χ4v) is 1.41. The Morgan fingerprint density at radius 2 is 2.40 bits per heavy atom. The van der Waals surface area contributed by atoms with Gasteiger partial charge in [-0.1, -0.05) is 6.92 Å². The second kappa shape index (κ2) is 5.41. The molecule has 0 fully saturated rings. The van der Waals surface area contributed by atoms with Crippen LogP contribution in [0.1, 0.15) is 23.8 Å². The largest absolute Gasteiger partial charge is 0.397 e. The number of nitrogens with zero attached hydrogens (tertiary/aromatic N) is 1. The Kier molecular flexibility index (Phi) is 4.17. The zero-order valence-corrected chi connectivity index (χ0v) is 8.86. The SMILES string of the molecule is CCCn1cc(N)cc1C(=O)NCCO. The Labute approximate surface area is 88.9 Å². The van der Waals surface area contributed by atoms with Gasteiger partial charge >= 0.3 is 0 Å². The Bertz CT molecular complexity index is 333. The van der Waals surface area contributed by atoms with Crippen LogP contribution in [0.5, 0.6) is 0 Å². The van der Waals surface area contributed by atoms with Crippen LogP contribution in [-0.4, -0.2) is 28.7 Å². The van der Waals surface area contributed by atoms with Gasteiger partial charge in [0.2, 0.25) is 0 Å². The molecule has 0 saturated heterocycles. The molecule has 1 aromatic rings. The summed E-state index contributed by atoms with van der Waals surface area (Å²) >= 11 is 0. The summed E-state index contributed by atoms with van der Waals surface area (Å²) in [5.74, 6) is -0.200. The number of hydrogen-bond donors (Lipinski definition) is 3. The Morgan fingerprint density at radius 1 is 1.67 bits per heavy atom. The predicted octanol–water partition coefficient (Wildman–Crippen LogP) is 0.202. The molecule has 5 heteroatoms. The van der Waals surface area contributed by atoms with Crippen LogP contribution in [0.15, 0.2) is 12.3 Å². The standard InChI is InChI=1S/C10H17N3O2/c1-2-4-13-7-8(11)6-9(13)10(15)12-3-5-14/h6-7,14H,2-5,11H2,1H3,(H,12,15). The summed E-state index contributed by atoms with van der Waals surface area (Å²) in [4.78, 5) is 11.6. The predicted molar refractivity (Wildman–Crippen MR) is 58.6 cm³/mol. The van der Waals surface area contributed by atoms with Crippen LogP contribution in [0.2, 0.25) is 0 Å². The molecule has 0 bridgehead atoms. The fraction of sp³-hybridized carbons (Fsp3) is 0.500. The highest BCUT2D eigenvalue weighted by molar-refractivity contribution is 5.93. The van der Waals surface area contributed by atoms with Crippen LogP contribution in [0.25, 0.3) is 0 Å². The number of nitrogens with two attached hydrogens (primary N) is 1. The van der Waals surface area contributed by atoms with E-state index in [-0.39, 0.29) is 19.1 Å². The first-order chi connectivity index (χ1) is 7.19. The Morgan fingerprint density at radius 3 is 3.00 bits per heavy atom. The highest BCUT2D eigenvalue weighted by atomic mass is 16.3. The van der Waals surface area contributed by atoms with Crippen molar-refractivity contribution in [3.8, 4) is 0 Å². The first-order valence-corrected chi connectivity index (χ1v) is 5.03. The fourth-order valence-electron chi connectivity index (χ4n) is 1.41. The van der Waals surface area contributed by atoms with Gasteiger partial charge in [-0.2, -0.15) is 0 Å². The third kappa shape index (κ3) is 2.99. The lowest BCUT2D eigenvalue weighted by Crippen LogP contribution is -2.28. The number of aromatic nitrogens is 1. The molecule has 0 atom stereocenters. The van der Waals surface area contributed by atoms with E-state index < -0.39 is 0 Å². The number of anilines is 1. The number of carbonyl (C=O) groups is 1. The van der Waals surface area contributed by atoms with Crippen LogP contribution in [0, 0.1) is 0 Å². The zero-order chi connectivity index (χ0) is 11.3. The Hall–Kier alpha value is -1.49. The first kappa shape index (κ1) is 11.6. The van der Waals surface area contributed by atoms with Crippen molar-refractivity contribution < 1.29 is 9.90 Å². The van der Waals surface area contributed by atoms with Gasteiger partial charge in [0.1, 0.15) is 5.69 Å². The molecule has 1 heterocycles. The summed E-state index contributed by atoms with van der Waals surface area (Å²) in [6.45, 7) is 3.00. The van der Waals surface area contributed by atoms with Gasteiger partial charge in [-0.15, -0.1) is 0 Å². The number of rotatable bonds is 5. The van der Waals surface area contributed by atoms with E-state index in [2.05, 4.69) is 5.32 Å². The maximum absolute atomic E-state index is 11.6. The van der Waals surface area contributed by atoms with Crippen LogP contribution in [0.4, 0.5) is 5.69 Å². The van der Waals surface area contributed by atoms with Crippen LogP contribution >= 0.6 is 0 Å². The lowest BCUT2D eigenvalue weighted by atomic mass is 10.3. The number of carbonyl (C=O) groups excluding carboxylic acids is 1. The van der Waals surface area contributed by atoms with Crippen LogP contribution in [-0.2, 0) is 6.54 Å². The molecule has 15 heavy (non-hydrogen) atoms. The number of nitrogens with one attached hydrogen (secondary N) is 1. The molecule has 0 radical (unpaired) electrons. The zero-order valence-electron chi connectivity index (χ0n) is 8.86. The van der Waals surface area contributed by atoms with Gasteiger partial charge in [-0.05, 0) is 12.5 Å².